The minimum absolute atomic E-state index is 0.260. The van der Waals surface area contributed by atoms with Crippen molar-refractivity contribution < 1.29 is 8.78 Å². The van der Waals surface area contributed by atoms with Crippen LogP contribution < -0.4 is 0 Å². The first-order valence-electron chi connectivity index (χ1n) is 3.70. The molecule has 2 aromatic rings. The van der Waals surface area contributed by atoms with Gasteiger partial charge in [-0.2, -0.15) is 5.10 Å². The molecule has 0 spiro atoms. The number of nitrogens with zero attached hydrogens (tertiary/aromatic N) is 1. The van der Waals surface area contributed by atoms with Gasteiger partial charge in [0.15, 0.2) is 0 Å². The minimum Gasteiger partial charge on any atom is -0.275 e. The second-order valence-corrected chi connectivity index (χ2v) is 3.57. The average Bonchev–Trinajstić information content (AvgIpc) is 2.47. The second-order valence-electron chi connectivity index (χ2n) is 2.72. The molecule has 0 fully saturated rings. The van der Waals surface area contributed by atoms with Gasteiger partial charge in [0.25, 0.3) is 6.43 Å². The number of aromatic amines is 1. The Morgan fingerprint density at radius 3 is 2.64 bits per heavy atom. The zero-order chi connectivity index (χ0) is 10.3. The van der Waals surface area contributed by atoms with E-state index in [0.29, 0.717) is 10.5 Å². The predicted molar refractivity (Wildman–Crippen MR) is 51.1 cm³/mol. The van der Waals surface area contributed by atoms with Gasteiger partial charge in [-0.1, -0.05) is 23.2 Å². The van der Waals surface area contributed by atoms with Gasteiger partial charge >= 0.3 is 0 Å². The monoisotopic (exact) mass is 236 g/mol. The molecule has 0 amide bonds. The molecule has 0 saturated heterocycles. The summed E-state index contributed by atoms with van der Waals surface area (Å²) in [6.45, 7) is 0. The van der Waals surface area contributed by atoms with Crippen molar-refractivity contribution >= 4 is 34.1 Å². The summed E-state index contributed by atoms with van der Waals surface area (Å²) in [5.74, 6) is 0. The molecule has 0 bridgehead atoms. The van der Waals surface area contributed by atoms with Crippen LogP contribution in [-0.2, 0) is 0 Å². The van der Waals surface area contributed by atoms with Gasteiger partial charge < -0.3 is 0 Å². The average molecular weight is 237 g/mol. The minimum atomic E-state index is -2.62. The first-order valence-corrected chi connectivity index (χ1v) is 4.46. The Kier molecular flexibility index (Phi) is 2.33. The van der Waals surface area contributed by atoms with E-state index in [2.05, 4.69) is 10.2 Å². The number of benzene rings is 1. The van der Waals surface area contributed by atoms with Gasteiger partial charge in [0.1, 0.15) is 11.2 Å². The van der Waals surface area contributed by atoms with Crippen molar-refractivity contribution in [2.75, 3.05) is 0 Å². The lowest BCUT2D eigenvalue weighted by atomic mass is 10.2. The number of aromatic nitrogens is 2. The van der Waals surface area contributed by atoms with E-state index in [9.17, 15) is 8.78 Å². The maximum Gasteiger partial charge on any atom is 0.280 e. The summed E-state index contributed by atoms with van der Waals surface area (Å²) in [4.78, 5) is 0. The van der Waals surface area contributed by atoms with E-state index in [0.717, 1.165) is 0 Å². The van der Waals surface area contributed by atoms with Crippen molar-refractivity contribution in [3.05, 3.63) is 27.9 Å². The molecule has 0 saturated carbocycles. The predicted octanol–water partition coefficient (Wildman–Crippen LogP) is 3.81. The zero-order valence-electron chi connectivity index (χ0n) is 6.69. The molecule has 0 aliphatic carbocycles. The fourth-order valence-electron chi connectivity index (χ4n) is 1.23. The van der Waals surface area contributed by atoms with E-state index < -0.39 is 6.43 Å². The van der Waals surface area contributed by atoms with Crippen LogP contribution in [0.15, 0.2) is 12.1 Å². The first kappa shape index (κ1) is 9.68. The fourth-order valence-corrected chi connectivity index (χ4v) is 1.76. The first-order chi connectivity index (χ1) is 6.59. The van der Waals surface area contributed by atoms with Crippen LogP contribution in [0.2, 0.25) is 10.0 Å². The maximum absolute atomic E-state index is 12.4. The molecule has 1 aromatic carbocycles. The zero-order valence-corrected chi connectivity index (χ0v) is 8.20. The van der Waals surface area contributed by atoms with E-state index >= 15 is 0 Å². The Hall–Kier alpha value is -0.870. The number of hydrogen-bond donors (Lipinski definition) is 1. The Morgan fingerprint density at radius 2 is 2.00 bits per heavy atom. The highest BCUT2D eigenvalue weighted by Gasteiger charge is 2.16. The van der Waals surface area contributed by atoms with Crippen molar-refractivity contribution in [1.29, 1.82) is 0 Å². The van der Waals surface area contributed by atoms with Crippen molar-refractivity contribution in [3.8, 4) is 0 Å². The molecule has 0 aliphatic rings. The third-order valence-electron chi connectivity index (χ3n) is 1.82. The third kappa shape index (κ3) is 1.44. The van der Waals surface area contributed by atoms with Gasteiger partial charge in [0.05, 0.1) is 5.02 Å². The molecule has 74 valence electrons. The molecule has 14 heavy (non-hydrogen) atoms. The Balaban J connectivity index is 2.78. The smallest absolute Gasteiger partial charge is 0.275 e. The van der Waals surface area contributed by atoms with Crippen LogP contribution in [0.25, 0.3) is 10.9 Å². The Labute approximate surface area is 87.8 Å². The Bertz CT molecular complexity index is 481. The van der Waals surface area contributed by atoms with E-state index in [1.54, 1.807) is 0 Å². The van der Waals surface area contributed by atoms with Crippen LogP contribution in [0.5, 0.6) is 0 Å². The van der Waals surface area contributed by atoms with E-state index in [1.165, 1.54) is 12.1 Å². The largest absolute Gasteiger partial charge is 0.280 e. The second kappa shape index (κ2) is 3.37. The summed E-state index contributed by atoms with van der Waals surface area (Å²) in [6, 6.07) is 2.87. The summed E-state index contributed by atoms with van der Waals surface area (Å²) in [6.07, 6.45) is -2.62. The number of halogens is 4. The van der Waals surface area contributed by atoms with Crippen LogP contribution in [0.4, 0.5) is 8.78 Å². The molecule has 0 radical (unpaired) electrons. The molecular formula is C8H4Cl2F2N2. The van der Waals surface area contributed by atoms with Crippen LogP contribution >= 0.6 is 23.2 Å². The maximum atomic E-state index is 12.4. The third-order valence-corrected chi connectivity index (χ3v) is 2.33. The summed E-state index contributed by atoms with van der Waals surface area (Å²) < 4.78 is 24.9. The number of hydrogen-bond acceptors (Lipinski definition) is 1. The SMILES string of the molecule is FC(F)c1[nH]nc2c(Cl)cc(Cl)cc12. The van der Waals surface area contributed by atoms with E-state index in [4.69, 9.17) is 23.2 Å². The standard InChI is InChI=1S/C8H4Cl2F2N2/c9-3-1-4-6(5(10)2-3)13-14-7(4)8(11)12/h1-2,8H,(H,13,14). The van der Waals surface area contributed by atoms with Crippen LogP contribution in [0.1, 0.15) is 12.1 Å². The van der Waals surface area contributed by atoms with Crippen molar-refractivity contribution in [2.24, 2.45) is 0 Å². The highest BCUT2D eigenvalue weighted by atomic mass is 35.5. The molecule has 0 unspecified atom stereocenters. The van der Waals surface area contributed by atoms with Crippen molar-refractivity contribution in [1.82, 2.24) is 10.2 Å². The topological polar surface area (TPSA) is 28.7 Å². The fraction of sp³-hybridized carbons (Fsp3) is 0.125. The van der Waals surface area contributed by atoms with Crippen molar-refractivity contribution in [3.63, 3.8) is 0 Å². The lowest BCUT2D eigenvalue weighted by Gasteiger charge is -1.97. The summed E-state index contributed by atoms with van der Waals surface area (Å²) in [5, 5.41) is 6.76. The number of H-pyrrole nitrogens is 1. The number of alkyl halides is 2. The molecule has 2 rings (SSSR count). The lowest BCUT2D eigenvalue weighted by Crippen LogP contribution is -1.84. The molecule has 1 aromatic heterocycles. The van der Waals surface area contributed by atoms with Gasteiger partial charge in [-0.25, -0.2) is 8.78 Å². The number of fused-ring (bicyclic) bond motifs is 1. The highest BCUT2D eigenvalue weighted by molar-refractivity contribution is 6.38. The van der Waals surface area contributed by atoms with E-state index in [1.807, 2.05) is 0 Å². The highest BCUT2D eigenvalue weighted by Crippen LogP contribution is 2.32. The molecule has 6 heteroatoms. The Morgan fingerprint density at radius 1 is 1.29 bits per heavy atom. The van der Waals surface area contributed by atoms with Gasteiger partial charge in [-0.05, 0) is 12.1 Å². The van der Waals surface area contributed by atoms with Crippen LogP contribution in [-0.4, -0.2) is 10.2 Å². The molecule has 2 nitrogen and oxygen atoms in total. The van der Waals surface area contributed by atoms with E-state index in [-0.39, 0.29) is 16.1 Å². The molecule has 0 aliphatic heterocycles. The molecule has 1 N–H and O–H groups in total. The lowest BCUT2D eigenvalue weighted by molar-refractivity contribution is 0.147. The number of nitrogens with one attached hydrogen (secondary N) is 1. The summed E-state index contributed by atoms with van der Waals surface area (Å²) >= 11 is 11.5. The molecule has 0 atom stereocenters. The van der Waals surface area contributed by atoms with Gasteiger partial charge in [-0.3, -0.25) is 5.10 Å². The molecule has 1 heterocycles. The van der Waals surface area contributed by atoms with Crippen molar-refractivity contribution in [2.45, 2.75) is 6.43 Å². The number of rotatable bonds is 1. The summed E-state index contributed by atoms with van der Waals surface area (Å²) in [5.41, 5.74) is 0.0516. The molecular weight excluding hydrogens is 233 g/mol. The van der Waals surface area contributed by atoms with Crippen LogP contribution in [0, 0.1) is 0 Å². The van der Waals surface area contributed by atoms with Crippen LogP contribution in [0.3, 0.4) is 0 Å². The quantitative estimate of drug-likeness (QED) is 0.802. The van der Waals surface area contributed by atoms with Gasteiger partial charge in [0.2, 0.25) is 0 Å². The van der Waals surface area contributed by atoms with Gasteiger partial charge in [0, 0.05) is 10.4 Å². The summed E-state index contributed by atoms with van der Waals surface area (Å²) in [7, 11) is 0. The van der Waals surface area contributed by atoms with Gasteiger partial charge in [-0.15, -0.1) is 0 Å². The normalized spacial score (nSPS) is 11.5.